The lowest BCUT2D eigenvalue weighted by Gasteiger charge is -2.40. The van der Waals surface area contributed by atoms with Gasteiger partial charge in [-0.1, -0.05) is 42.0 Å². The van der Waals surface area contributed by atoms with Gasteiger partial charge in [0.1, 0.15) is 29.8 Å². The normalized spacial score (nSPS) is 21.5. The molecule has 1 aliphatic heterocycles. The molecule has 190 valence electrons. The van der Waals surface area contributed by atoms with Crippen LogP contribution >= 0.6 is 0 Å². The molecule has 0 saturated carbocycles. The fraction of sp³-hybridized carbons (Fsp3) is 0.423. The van der Waals surface area contributed by atoms with Gasteiger partial charge in [-0.15, -0.1) is 5.10 Å². The molecule has 0 bridgehead atoms. The van der Waals surface area contributed by atoms with Gasteiger partial charge in [0.2, 0.25) is 11.7 Å². The number of carbonyl (C=O) groups excluding carboxylic acids is 3. The lowest BCUT2D eigenvalue weighted by atomic mass is 9.83. The summed E-state index contributed by atoms with van der Waals surface area (Å²) in [4.78, 5) is 43.8. The predicted molar refractivity (Wildman–Crippen MR) is 131 cm³/mol. The molecule has 1 aromatic heterocycles. The van der Waals surface area contributed by atoms with Crippen molar-refractivity contribution in [3.8, 4) is 0 Å². The first kappa shape index (κ1) is 25.2. The lowest BCUT2D eigenvalue weighted by molar-refractivity contribution is -0.143. The molecule has 2 heterocycles. The summed E-state index contributed by atoms with van der Waals surface area (Å²) in [7, 11) is 1.70. The number of nitrogens with zero attached hydrogens (tertiary/aromatic N) is 3. The van der Waals surface area contributed by atoms with Gasteiger partial charge in [-0.25, -0.2) is 4.98 Å². The summed E-state index contributed by atoms with van der Waals surface area (Å²) in [5, 5.41) is 9.52. The zero-order valence-electron chi connectivity index (χ0n) is 20.7. The number of hydrogen-bond acceptors (Lipinski definition) is 7. The van der Waals surface area contributed by atoms with Gasteiger partial charge in [0.25, 0.3) is 5.91 Å². The molecule has 36 heavy (non-hydrogen) atoms. The van der Waals surface area contributed by atoms with Crippen LogP contribution in [0.15, 0.2) is 53.8 Å². The van der Waals surface area contributed by atoms with Crippen LogP contribution < -0.4 is 5.32 Å². The maximum atomic E-state index is 13.3. The second-order valence-corrected chi connectivity index (χ2v) is 9.11. The van der Waals surface area contributed by atoms with Crippen molar-refractivity contribution in [1.82, 2.24) is 25.4 Å². The van der Waals surface area contributed by atoms with Crippen molar-refractivity contribution < 1.29 is 23.9 Å². The van der Waals surface area contributed by atoms with Crippen molar-refractivity contribution in [2.24, 2.45) is 0 Å². The third-order valence-electron chi connectivity index (χ3n) is 6.56. The number of likely N-dealkylation sites (N-methyl/N-ethyl adjacent to an activating group) is 1. The Kier molecular flexibility index (Phi) is 7.52. The standard InChI is InChI=1S/C26H31N5O5/c1-4-35-22(32)13-11-18-10-12-20-26(2,15-18)31(3)25(34)19(16-36-20)27-24(33)23-28-21(29-30-23)14-17-8-6-5-7-9-17/h5-10,12,19H,4,11,13-16H2,1-3H3,(H,27,33)(H,28,29,30)/t19-,26?/m0/s1. The van der Waals surface area contributed by atoms with Crippen molar-refractivity contribution in [2.75, 3.05) is 20.3 Å². The number of amides is 2. The number of carbonyl (C=O) groups is 3. The van der Waals surface area contributed by atoms with Crippen LogP contribution in [0.25, 0.3) is 0 Å². The maximum Gasteiger partial charge on any atom is 0.306 e. The van der Waals surface area contributed by atoms with E-state index in [0.717, 1.165) is 11.1 Å². The number of hydrogen-bond donors (Lipinski definition) is 2. The van der Waals surface area contributed by atoms with Crippen LogP contribution in [0.3, 0.4) is 0 Å². The van der Waals surface area contributed by atoms with Gasteiger partial charge >= 0.3 is 5.97 Å². The summed E-state index contributed by atoms with van der Waals surface area (Å²) in [5.41, 5.74) is 1.32. The van der Waals surface area contributed by atoms with E-state index in [1.165, 1.54) is 0 Å². The van der Waals surface area contributed by atoms with Crippen LogP contribution in [-0.4, -0.2) is 69.7 Å². The Hall–Kier alpha value is -3.95. The molecular formula is C26H31N5O5. The molecule has 1 unspecified atom stereocenters. The van der Waals surface area contributed by atoms with Crippen molar-refractivity contribution in [3.63, 3.8) is 0 Å². The largest absolute Gasteiger partial charge is 0.493 e. The SMILES string of the molecule is CCOC(=O)CCC1=CC=C2OC[C@H](NC(=O)c3n[nH]c(Cc4ccccc4)n3)C(=O)N(C)C2(C)C1. The van der Waals surface area contributed by atoms with Gasteiger partial charge in [-0.3, -0.25) is 19.5 Å². The van der Waals surface area contributed by atoms with Crippen molar-refractivity contribution in [3.05, 3.63) is 71.0 Å². The number of esters is 1. The Bertz CT molecular complexity index is 1190. The third kappa shape index (κ3) is 5.48. The average Bonchev–Trinajstić information content (AvgIpc) is 3.31. The number of H-pyrrole nitrogens is 1. The number of benzene rings is 1. The van der Waals surface area contributed by atoms with Gasteiger partial charge in [0.05, 0.1) is 6.61 Å². The first-order chi connectivity index (χ1) is 17.3. The number of aromatic amines is 1. The van der Waals surface area contributed by atoms with Crippen LogP contribution in [0, 0.1) is 0 Å². The minimum atomic E-state index is -0.898. The van der Waals surface area contributed by atoms with Crippen LogP contribution in [-0.2, 0) is 25.5 Å². The van der Waals surface area contributed by atoms with Gasteiger partial charge < -0.3 is 19.7 Å². The Morgan fingerprint density at radius 3 is 2.81 bits per heavy atom. The highest BCUT2D eigenvalue weighted by Gasteiger charge is 2.45. The van der Waals surface area contributed by atoms with Gasteiger partial charge in [-0.2, -0.15) is 0 Å². The highest BCUT2D eigenvalue weighted by atomic mass is 16.5. The van der Waals surface area contributed by atoms with E-state index >= 15 is 0 Å². The molecule has 2 amide bonds. The Morgan fingerprint density at radius 2 is 2.06 bits per heavy atom. The van der Waals surface area contributed by atoms with Crippen LogP contribution in [0.5, 0.6) is 0 Å². The molecule has 2 aromatic rings. The highest BCUT2D eigenvalue weighted by Crippen LogP contribution is 2.38. The number of rotatable bonds is 8. The quantitative estimate of drug-likeness (QED) is 0.540. The molecule has 0 radical (unpaired) electrons. The van der Waals surface area contributed by atoms with E-state index in [1.54, 1.807) is 18.9 Å². The van der Waals surface area contributed by atoms with E-state index in [0.29, 0.717) is 37.5 Å². The topological polar surface area (TPSA) is 127 Å². The van der Waals surface area contributed by atoms with Crippen LogP contribution in [0.2, 0.25) is 0 Å². The molecule has 10 nitrogen and oxygen atoms in total. The second-order valence-electron chi connectivity index (χ2n) is 9.11. The Labute approximate surface area is 209 Å². The first-order valence-electron chi connectivity index (χ1n) is 12.0. The summed E-state index contributed by atoms with van der Waals surface area (Å²) in [6.45, 7) is 4.03. The maximum absolute atomic E-state index is 13.3. The zero-order chi connectivity index (χ0) is 25.7. The van der Waals surface area contributed by atoms with Gasteiger partial charge in [0, 0.05) is 19.9 Å². The molecule has 1 fully saturated rings. The molecular weight excluding hydrogens is 462 g/mol. The monoisotopic (exact) mass is 493 g/mol. The molecule has 1 aliphatic carbocycles. The summed E-state index contributed by atoms with van der Waals surface area (Å²) in [6.07, 6.45) is 5.60. The van der Waals surface area contributed by atoms with E-state index < -0.39 is 17.5 Å². The first-order valence-corrected chi connectivity index (χ1v) is 12.0. The third-order valence-corrected chi connectivity index (χ3v) is 6.56. The average molecular weight is 494 g/mol. The summed E-state index contributed by atoms with van der Waals surface area (Å²) in [5.74, 6) is 0.0714. The highest BCUT2D eigenvalue weighted by molar-refractivity contribution is 5.95. The van der Waals surface area contributed by atoms with Gasteiger partial charge in [0.15, 0.2) is 0 Å². The van der Waals surface area contributed by atoms with E-state index in [9.17, 15) is 14.4 Å². The molecule has 0 spiro atoms. The molecule has 1 saturated heterocycles. The summed E-state index contributed by atoms with van der Waals surface area (Å²) < 4.78 is 11.0. The number of nitrogens with one attached hydrogen (secondary N) is 2. The smallest absolute Gasteiger partial charge is 0.306 e. The molecule has 2 N–H and O–H groups in total. The van der Waals surface area contributed by atoms with Gasteiger partial charge in [-0.05, 0) is 38.3 Å². The van der Waals surface area contributed by atoms with Crippen molar-refractivity contribution >= 4 is 17.8 Å². The van der Waals surface area contributed by atoms with Crippen molar-refractivity contribution in [1.29, 1.82) is 0 Å². The summed E-state index contributed by atoms with van der Waals surface area (Å²) in [6, 6.07) is 8.82. The summed E-state index contributed by atoms with van der Waals surface area (Å²) >= 11 is 0. The molecule has 1 aromatic carbocycles. The minimum Gasteiger partial charge on any atom is -0.493 e. The van der Waals surface area contributed by atoms with E-state index in [4.69, 9.17) is 9.47 Å². The number of aromatic nitrogens is 3. The molecule has 10 heteroatoms. The minimum absolute atomic E-state index is 0.0103. The fourth-order valence-electron chi connectivity index (χ4n) is 4.43. The number of ether oxygens (including phenoxy) is 2. The molecule has 2 aliphatic rings. The van der Waals surface area contributed by atoms with E-state index in [-0.39, 0.29) is 30.7 Å². The number of fused-ring (bicyclic) bond motifs is 1. The predicted octanol–water partition coefficient (Wildman–Crippen LogP) is 2.30. The lowest BCUT2D eigenvalue weighted by Crippen LogP contribution is -2.54. The van der Waals surface area contributed by atoms with Crippen LogP contribution in [0.1, 0.15) is 55.1 Å². The fourth-order valence-corrected chi connectivity index (χ4v) is 4.43. The Balaban J connectivity index is 1.40. The van der Waals surface area contributed by atoms with Crippen LogP contribution in [0.4, 0.5) is 0 Å². The Morgan fingerprint density at radius 1 is 1.28 bits per heavy atom. The van der Waals surface area contributed by atoms with Crippen molar-refractivity contribution in [2.45, 2.75) is 51.1 Å². The molecule has 4 rings (SSSR count). The zero-order valence-corrected chi connectivity index (χ0v) is 20.7. The molecule has 2 atom stereocenters. The van der Waals surface area contributed by atoms with E-state index in [1.807, 2.05) is 49.4 Å². The van der Waals surface area contributed by atoms with E-state index in [2.05, 4.69) is 20.5 Å². The number of allylic oxidation sites excluding steroid dienone is 2. The second kappa shape index (κ2) is 10.8.